The molecule has 2 aliphatic rings. The zero-order valence-corrected chi connectivity index (χ0v) is 20.2. The van der Waals surface area contributed by atoms with Crippen LogP contribution in [0.4, 0.5) is 11.5 Å². The van der Waals surface area contributed by atoms with Gasteiger partial charge in [-0.2, -0.15) is 0 Å². The minimum Gasteiger partial charge on any atom is -0.379 e. The van der Waals surface area contributed by atoms with Crippen molar-refractivity contribution in [2.45, 2.75) is 37.6 Å². The highest BCUT2D eigenvalue weighted by Crippen LogP contribution is 2.36. The van der Waals surface area contributed by atoms with Crippen LogP contribution in [0.3, 0.4) is 0 Å². The Bertz CT molecular complexity index is 1380. The van der Waals surface area contributed by atoms with E-state index in [-0.39, 0.29) is 5.56 Å². The summed E-state index contributed by atoms with van der Waals surface area (Å²) in [5.74, 6) is 1.12. The van der Waals surface area contributed by atoms with Gasteiger partial charge in [0.25, 0.3) is 5.56 Å². The Balaban J connectivity index is 1.20. The number of anilines is 2. The van der Waals surface area contributed by atoms with Crippen molar-refractivity contribution in [2.75, 3.05) is 31.6 Å². The van der Waals surface area contributed by atoms with Gasteiger partial charge >= 0.3 is 0 Å². The van der Waals surface area contributed by atoms with E-state index < -0.39 is 0 Å². The smallest absolute Gasteiger partial charge is 0.259 e. The fourth-order valence-corrected chi connectivity index (χ4v) is 5.58. The van der Waals surface area contributed by atoms with E-state index in [0.717, 1.165) is 42.9 Å². The lowest BCUT2D eigenvalue weighted by Gasteiger charge is -2.38. The van der Waals surface area contributed by atoms with Gasteiger partial charge in [-0.05, 0) is 66.8 Å². The maximum absolute atomic E-state index is 12.7. The van der Waals surface area contributed by atoms with Crippen LogP contribution in [-0.2, 0) is 4.74 Å². The summed E-state index contributed by atoms with van der Waals surface area (Å²) in [6.07, 6.45) is 11.5. The van der Waals surface area contributed by atoms with Gasteiger partial charge in [0.2, 0.25) is 0 Å². The second kappa shape index (κ2) is 10.2. The molecular weight excluding hydrogens is 452 g/mol. The topological polar surface area (TPSA) is 96.0 Å². The Morgan fingerprint density at radius 1 is 0.972 bits per heavy atom. The van der Waals surface area contributed by atoms with Crippen molar-refractivity contribution in [1.82, 2.24) is 24.8 Å². The van der Waals surface area contributed by atoms with E-state index in [4.69, 9.17) is 9.72 Å². The van der Waals surface area contributed by atoms with Gasteiger partial charge in [0.1, 0.15) is 12.1 Å². The standard InChI is InChI=1S/C28H30N6O2/c35-28-26-21(9-10-31-28)15-25(22-16-29-18-30-17-22)33-27(26)32-23-5-1-19(2-6-23)20-3-7-24(8-4-20)34-11-13-36-14-12-34/h1-2,5-6,9-10,15-18,20,24H,3-4,7-8,11-14H2,(H,31,35)(H,32,33). The van der Waals surface area contributed by atoms with Crippen LogP contribution in [-0.4, -0.2) is 57.2 Å². The number of benzene rings is 1. The average Bonchev–Trinajstić information content (AvgIpc) is 2.94. The predicted molar refractivity (Wildman–Crippen MR) is 141 cm³/mol. The number of aromatic nitrogens is 4. The molecule has 1 aliphatic carbocycles. The van der Waals surface area contributed by atoms with E-state index in [2.05, 4.69) is 49.4 Å². The summed E-state index contributed by atoms with van der Waals surface area (Å²) >= 11 is 0. The number of H-pyrrole nitrogens is 1. The lowest BCUT2D eigenvalue weighted by atomic mass is 9.81. The van der Waals surface area contributed by atoms with E-state index in [1.165, 1.54) is 37.6 Å². The minimum atomic E-state index is -0.174. The van der Waals surface area contributed by atoms with Crippen LogP contribution < -0.4 is 10.9 Å². The molecule has 8 heteroatoms. The molecule has 0 bridgehead atoms. The number of hydrogen-bond acceptors (Lipinski definition) is 7. The number of rotatable bonds is 5. The molecule has 4 aromatic rings. The molecule has 1 saturated carbocycles. The van der Waals surface area contributed by atoms with Gasteiger partial charge in [-0.3, -0.25) is 9.69 Å². The average molecular weight is 483 g/mol. The maximum atomic E-state index is 12.7. The van der Waals surface area contributed by atoms with Gasteiger partial charge in [0.05, 0.1) is 24.3 Å². The lowest BCUT2D eigenvalue weighted by molar-refractivity contribution is 0.00730. The molecule has 1 aliphatic heterocycles. The summed E-state index contributed by atoms with van der Waals surface area (Å²) in [5.41, 5.74) is 3.62. The van der Waals surface area contributed by atoms with Crippen LogP contribution in [0, 0.1) is 0 Å². The molecule has 2 N–H and O–H groups in total. The lowest BCUT2D eigenvalue weighted by Crippen LogP contribution is -2.44. The highest BCUT2D eigenvalue weighted by molar-refractivity contribution is 5.95. The van der Waals surface area contributed by atoms with E-state index in [1.807, 2.05) is 12.1 Å². The fourth-order valence-electron chi connectivity index (χ4n) is 5.58. The van der Waals surface area contributed by atoms with Crippen LogP contribution in [0.15, 0.2) is 66.1 Å². The molecule has 0 unspecified atom stereocenters. The SMILES string of the molecule is O=c1[nH]ccc2cc(-c3cncnc3)nc(Nc3ccc(C4CCC(N5CCOCC5)CC4)cc3)c12. The number of pyridine rings is 2. The highest BCUT2D eigenvalue weighted by Gasteiger charge is 2.27. The van der Waals surface area contributed by atoms with Crippen LogP contribution in [0.25, 0.3) is 22.0 Å². The fraction of sp³-hybridized carbons (Fsp3) is 0.357. The first-order valence-corrected chi connectivity index (χ1v) is 12.7. The van der Waals surface area contributed by atoms with Crippen molar-refractivity contribution in [1.29, 1.82) is 0 Å². The maximum Gasteiger partial charge on any atom is 0.259 e. The summed E-state index contributed by atoms with van der Waals surface area (Å²) in [7, 11) is 0. The molecule has 0 spiro atoms. The van der Waals surface area contributed by atoms with Crippen molar-refractivity contribution in [2.24, 2.45) is 0 Å². The van der Waals surface area contributed by atoms with Gasteiger partial charge in [-0.1, -0.05) is 12.1 Å². The molecule has 184 valence electrons. The van der Waals surface area contributed by atoms with Crippen molar-refractivity contribution in [3.63, 3.8) is 0 Å². The second-order valence-corrected chi connectivity index (χ2v) is 9.66. The number of nitrogens with one attached hydrogen (secondary N) is 2. The summed E-state index contributed by atoms with van der Waals surface area (Å²) in [4.78, 5) is 31.0. The second-order valence-electron chi connectivity index (χ2n) is 9.66. The third-order valence-electron chi connectivity index (χ3n) is 7.51. The van der Waals surface area contributed by atoms with Crippen LogP contribution in [0.2, 0.25) is 0 Å². The Morgan fingerprint density at radius 2 is 1.72 bits per heavy atom. The third kappa shape index (κ3) is 4.74. The number of hydrogen-bond donors (Lipinski definition) is 2. The summed E-state index contributed by atoms with van der Waals surface area (Å²) in [5, 5.41) is 4.73. The van der Waals surface area contributed by atoms with Gasteiger partial charge in [0, 0.05) is 49.0 Å². The van der Waals surface area contributed by atoms with Crippen molar-refractivity contribution in [3.8, 4) is 11.3 Å². The molecule has 4 heterocycles. The molecule has 6 rings (SSSR count). The molecule has 36 heavy (non-hydrogen) atoms. The van der Waals surface area contributed by atoms with Crippen LogP contribution in [0.1, 0.15) is 37.2 Å². The van der Waals surface area contributed by atoms with Gasteiger partial charge in [0.15, 0.2) is 0 Å². The minimum absolute atomic E-state index is 0.174. The molecule has 3 aromatic heterocycles. The molecule has 2 fully saturated rings. The number of morpholine rings is 1. The van der Waals surface area contributed by atoms with Gasteiger partial charge in [-0.25, -0.2) is 15.0 Å². The number of aromatic amines is 1. The van der Waals surface area contributed by atoms with Gasteiger partial charge < -0.3 is 15.0 Å². The van der Waals surface area contributed by atoms with E-state index in [9.17, 15) is 4.79 Å². The number of fused-ring (bicyclic) bond motifs is 1. The van der Waals surface area contributed by atoms with Crippen molar-refractivity contribution in [3.05, 3.63) is 77.2 Å². The summed E-state index contributed by atoms with van der Waals surface area (Å²) in [6, 6.07) is 13.1. The Kier molecular flexibility index (Phi) is 6.44. The highest BCUT2D eigenvalue weighted by atomic mass is 16.5. The first-order chi connectivity index (χ1) is 17.7. The molecular formula is C28H30N6O2. The Hall–Kier alpha value is -3.62. The molecule has 1 aromatic carbocycles. The molecule has 8 nitrogen and oxygen atoms in total. The normalized spacial score (nSPS) is 20.9. The quantitative estimate of drug-likeness (QED) is 0.433. The van der Waals surface area contributed by atoms with Gasteiger partial charge in [-0.15, -0.1) is 0 Å². The van der Waals surface area contributed by atoms with Crippen molar-refractivity contribution < 1.29 is 4.74 Å². The van der Waals surface area contributed by atoms with Crippen LogP contribution in [0.5, 0.6) is 0 Å². The number of nitrogens with zero attached hydrogens (tertiary/aromatic N) is 4. The van der Waals surface area contributed by atoms with Crippen molar-refractivity contribution >= 4 is 22.3 Å². The first-order valence-electron chi connectivity index (χ1n) is 12.7. The zero-order valence-electron chi connectivity index (χ0n) is 20.2. The molecule has 1 saturated heterocycles. The third-order valence-corrected chi connectivity index (χ3v) is 7.51. The zero-order chi connectivity index (χ0) is 24.3. The summed E-state index contributed by atoms with van der Waals surface area (Å²) in [6.45, 7) is 3.87. The van der Waals surface area contributed by atoms with E-state index >= 15 is 0 Å². The molecule has 0 atom stereocenters. The molecule has 0 radical (unpaired) electrons. The van der Waals surface area contributed by atoms with E-state index in [0.29, 0.717) is 28.9 Å². The number of ether oxygens (including phenoxy) is 1. The van der Waals surface area contributed by atoms with Crippen LogP contribution >= 0.6 is 0 Å². The van der Waals surface area contributed by atoms with E-state index in [1.54, 1.807) is 18.6 Å². The Labute approximate surface area is 209 Å². The largest absolute Gasteiger partial charge is 0.379 e. The molecule has 0 amide bonds. The summed E-state index contributed by atoms with van der Waals surface area (Å²) < 4.78 is 5.52. The monoisotopic (exact) mass is 482 g/mol. The Morgan fingerprint density at radius 3 is 2.47 bits per heavy atom. The first kappa shape index (κ1) is 22.8. The predicted octanol–water partition coefficient (Wildman–Crippen LogP) is 4.48.